The number of anilines is 1. The molecule has 2 aromatic heterocycles. The monoisotopic (exact) mass is 377 g/mol. The molecule has 0 saturated carbocycles. The molecule has 146 valence electrons. The van der Waals surface area contributed by atoms with Crippen LogP contribution in [0.4, 0.5) is 5.82 Å². The molecular weight excluding hydrogens is 350 g/mol. The molecule has 6 nitrogen and oxygen atoms in total. The summed E-state index contributed by atoms with van der Waals surface area (Å²) >= 11 is 0. The number of carbonyl (C=O) groups is 1. The first-order chi connectivity index (χ1) is 13.6. The Morgan fingerprint density at radius 1 is 1.11 bits per heavy atom. The third-order valence-corrected chi connectivity index (χ3v) is 5.47. The minimum Gasteiger partial charge on any atom is -0.362 e. The molecule has 1 N–H and O–H groups in total. The van der Waals surface area contributed by atoms with Crippen molar-refractivity contribution in [3.63, 3.8) is 0 Å². The van der Waals surface area contributed by atoms with E-state index in [1.807, 2.05) is 36.0 Å². The number of benzene rings is 1. The maximum Gasteiger partial charge on any atom is 0.257 e. The van der Waals surface area contributed by atoms with Gasteiger partial charge in [0.2, 0.25) is 0 Å². The van der Waals surface area contributed by atoms with E-state index < -0.39 is 0 Å². The van der Waals surface area contributed by atoms with Gasteiger partial charge in [-0.3, -0.25) is 9.69 Å². The number of hydrogen-bond donors (Lipinski definition) is 1. The van der Waals surface area contributed by atoms with Gasteiger partial charge in [0.15, 0.2) is 0 Å². The van der Waals surface area contributed by atoms with E-state index in [1.54, 1.807) is 6.20 Å². The van der Waals surface area contributed by atoms with E-state index in [4.69, 9.17) is 0 Å². The molecule has 0 radical (unpaired) electrons. The molecule has 28 heavy (non-hydrogen) atoms. The predicted octanol–water partition coefficient (Wildman–Crippen LogP) is 2.63. The van der Waals surface area contributed by atoms with Crippen molar-refractivity contribution in [2.75, 3.05) is 51.7 Å². The summed E-state index contributed by atoms with van der Waals surface area (Å²) in [6.07, 6.45) is 4.87. The van der Waals surface area contributed by atoms with Crippen LogP contribution in [0, 0.1) is 0 Å². The van der Waals surface area contributed by atoms with Crippen LogP contribution in [-0.4, -0.2) is 72.5 Å². The van der Waals surface area contributed by atoms with E-state index in [1.165, 1.54) is 16.5 Å². The van der Waals surface area contributed by atoms with E-state index in [2.05, 4.69) is 45.3 Å². The Labute approximate surface area is 165 Å². The summed E-state index contributed by atoms with van der Waals surface area (Å²) in [5.41, 5.74) is 3.24. The second-order valence-corrected chi connectivity index (χ2v) is 7.51. The summed E-state index contributed by atoms with van der Waals surface area (Å²) in [5.74, 6) is 0.808. The number of piperazine rings is 1. The summed E-state index contributed by atoms with van der Waals surface area (Å²) in [4.78, 5) is 27.0. The molecule has 0 spiro atoms. The van der Waals surface area contributed by atoms with E-state index in [-0.39, 0.29) is 5.91 Å². The fourth-order valence-corrected chi connectivity index (χ4v) is 3.88. The Morgan fingerprint density at radius 3 is 2.68 bits per heavy atom. The van der Waals surface area contributed by atoms with Gasteiger partial charge < -0.3 is 14.8 Å². The predicted molar refractivity (Wildman–Crippen MR) is 113 cm³/mol. The van der Waals surface area contributed by atoms with Gasteiger partial charge in [-0.05, 0) is 30.2 Å². The highest BCUT2D eigenvalue weighted by atomic mass is 16.2. The molecule has 3 heterocycles. The average molecular weight is 377 g/mol. The van der Waals surface area contributed by atoms with Crippen LogP contribution in [0.5, 0.6) is 0 Å². The average Bonchev–Trinajstić information content (AvgIpc) is 3.15. The number of hydrogen-bond acceptors (Lipinski definition) is 4. The van der Waals surface area contributed by atoms with Crippen molar-refractivity contribution >= 4 is 22.6 Å². The number of aromatic nitrogens is 2. The van der Waals surface area contributed by atoms with Gasteiger partial charge in [-0.15, -0.1) is 0 Å². The molecule has 1 aromatic carbocycles. The summed E-state index contributed by atoms with van der Waals surface area (Å²) in [5, 5.41) is 1.31. The van der Waals surface area contributed by atoms with Crippen molar-refractivity contribution in [2.24, 2.45) is 0 Å². The zero-order valence-corrected chi connectivity index (χ0v) is 16.6. The normalized spacial score (nSPS) is 15.1. The molecule has 3 aromatic rings. The lowest BCUT2D eigenvalue weighted by molar-refractivity contribution is 0.0639. The van der Waals surface area contributed by atoms with Crippen LogP contribution in [0.2, 0.25) is 0 Å². The van der Waals surface area contributed by atoms with Crippen LogP contribution in [0.1, 0.15) is 15.9 Å². The van der Waals surface area contributed by atoms with Crippen LogP contribution in [0.15, 0.2) is 48.8 Å². The molecule has 0 aliphatic carbocycles. The molecule has 0 atom stereocenters. The SMILES string of the molecule is CN(C)c1ncccc1C(=O)N1CCN(CCc2c[nH]c3ccccc23)CC1. The molecule has 1 aliphatic rings. The summed E-state index contributed by atoms with van der Waals surface area (Å²) in [7, 11) is 3.84. The van der Waals surface area contributed by atoms with Crippen molar-refractivity contribution < 1.29 is 4.79 Å². The number of para-hydroxylation sites is 1. The van der Waals surface area contributed by atoms with Crippen LogP contribution >= 0.6 is 0 Å². The second-order valence-electron chi connectivity index (χ2n) is 7.51. The lowest BCUT2D eigenvalue weighted by Gasteiger charge is -2.35. The summed E-state index contributed by atoms with van der Waals surface area (Å²) < 4.78 is 0. The smallest absolute Gasteiger partial charge is 0.257 e. The maximum atomic E-state index is 13.0. The fraction of sp³-hybridized carbons (Fsp3) is 0.364. The van der Waals surface area contributed by atoms with Gasteiger partial charge in [-0.1, -0.05) is 18.2 Å². The van der Waals surface area contributed by atoms with Gasteiger partial charge in [0.05, 0.1) is 5.56 Å². The largest absolute Gasteiger partial charge is 0.362 e. The number of rotatable bonds is 5. The first-order valence-electron chi connectivity index (χ1n) is 9.82. The second kappa shape index (κ2) is 8.02. The lowest BCUT2D eigenvalue weighted by Crippen LogP contribution is -2.49. The number of carbonyl (C=O) groups excluding carboxylic acids is 1. The standard InChI is InChI=1S/C22H27N5O/c1-25(2)21-19(7-5-10-23-21)22(28)27-14-12-26(13-15-27)11-9-17-16-24-20-8-4-3-6-18(17)20/h3-8,10,16,24H,9,11-15H2,1-2H3. The Balaban J connectivity index is 1.34. The van der Waals surface area contributed by atoms with Crippen molar-refractivity contribution in [2.45, 2.75) is 6.42 Å². The minimum absolute atomic E-state index is 0.0769. The highest BCUT2D eigenvalue weighted by Crippen LogP contribution is 2.20. The number of pyridine rings is 1. The summed E-state index contributed by atoms with van der Waals surface area (Å²) in [6.45, 7) is 4.35. The molecular formula is C22H27N5O. The number of nitrogens with zero attached hydrogens (tertiary/aromatic N) is 4. The van der Waals surface area contributed by atoms with Crippen LogP contribution in [0.3, 0.4) is 0 Å². The van der Waals surface area contributed by atoms with E-state index in [0.29, 0.717) is 5.56 Å². The molecule has 0 unspecified atom stereocenters. The fourth-order valence-electron chi connectivity index (χ4n) is 3.88. The van der Waals surface area contributed by atoms with E-state index in [9.17, 15) is 4.79 Å². The van der Waals surface area contributed by atoms with E-state index in [0.717, 1.165) is 45.0 Å². The molecule has 6 heteroatoms. The third kappa shape index (κ3) is 3.73. The van der Waals surface area contributed by atoms with Gasteiger partial charge in [0.25, 0.3) is 5.91 Å². The summed E-state index contributed by atoms with van der Waals surface area (Å²) in [6, 6.07) is 12.1. The quantitative estimate of drug-likeness (QED) is 0.743. The molecule has 1 fully saturated rings. The van der Waals surface area contributed by atoms with Crippen LogP contribution in [0.25, 0.3) is 10.9 Å². The third-order valence-electron chi connectivity index (χ3n) is 5.47. The van der Waals surface area contributed by atoms with Crippen LogP contribution < -0.4 is 4.90 Å². The maximum absolute atomic E-state index is 13.0. The van der Waals surface area contributed by atoms with Gasteiger partial charge in [-0.25, -0.2) is 4.98 Å². The number of amides is 1. The van der Waals surface area contributed by atoms with Gasteiger partial charge in [0.1, 0.15) is 5.82 Å². The van der Waals surface area contributed by atoms with Crippen molar-refractivity contribution in [3.8, 4) is 0 Å². The first-order valence-corrected chi connectivity index (χ1v) is 9.82. The Morgan fingerprint density at radius 2 is 1.89 bits per heavy atom. The zero-order chi connectivity index (χ0) is 19.5. The molecule has 1 saturated heterocycles. The molecule has 4 rings (SSSR count). The Bertz CT molecular complexity index is 956. The minimum atomic E-state index is 0.0769. The number of fused-ring (bicyclic) bond motifs is 1. The number of aromatic amines is 1. The zero-order valence-electron chi connectivity index (χ0n) is 16.6. The van der Waals surface area contributed by atoms with Crippen LogP contribution in [-0.2, 0) is 6.42 Å². The number of H-pyrrole nitrogens is 1. The molecule has 0 bridgehead atoms. The Hall–Kier alpha value is -2.86. The molecule has 1 aliphatic heterocycles. The van der Waals surface area contributed by atoms with Gasteiger partial charge in [-0.2, -0.15) is 0 Å². The van der Waals surface area contributed by atoms with Crippen molar-refractivity contribution in [1.82, 2.24) is 19.8 Å². The topological polar surface area (TPSA) is 55.5 Å². The van der Waals surface area contributed by atoms with Crippen molar-refractivity contribution in [3.05, 3.63) is 59.9 Å². The van der Waals surface area contributed by atoms with E-state index >= 15 is 0 Å². The lowest BCUT2D eigenvalue weighted by atomic mass is 10.1. The molecule has 1 amide bonds. The van der Waals surface area contributed by atoms with Gasteiger partial charge >= 0.3 is 0 Å². The number of nitrogens with one attached hydrogen (secondary N) is 1. The van der Waals surface area contributed by atoms with Crippen molar-refractivity contribution in [1.29, 1.82) is 0 Å². The Kier molecular flexibility index (Phi) is 5.30. The van der Waals surface area contributed by atoms with Gasteiger partial charge in [0, 0.05) is 70.1 Å². The highest BCUT2D eigenvalue weighted by molar-refractivity contribution is 5.98. The highest BCUT2D eigenvalue weighted by Gasteiger charge is 2.24. The first kappa shape index (κ1) is 18.5.